The summed E-state index contributed by atoms with van der Waals surface area (Å²) in [7, 11) is 3.17. The van der Waals surface area contributed by atoms with E-state index in [4.69, 9.17) is 5.73 Å². The van der Waals surface area contributed by atoms with Crippen molar-refractivity contribution in [1.82, 2.24) is 20.4 Å². The van der Waals surface area contributed by atoms with Gasteiger partial charge < -0.3 is 16.0 Å². The van der Waals surface area contributed by atoms with Gasteiger partial charge in [-0.2, -0.15) is 5.10 Å². The lowest BCUT2D eigenvalue weighted by atomic mass is 10.3. The van der Waals surface area contributed by atoms with E-state index in [0.717, 1.165) is 0 Å². The molecule has 2 amide bonds. The second kappa shape index (κ2) is 5.15. The maximum Gasteiger partial charge on any atom is 0.271 e. The first kappa shape index (κ1) is 12.0. The fourth-order valence-corrected chi connectivity index (χ4v) is 1.15. The Morgan fingerprint density at radius 3 is 2.81 bits per heavy atom. The number of anilines is 1. The zero-order valence-electron chi connectivity index (χ0n) is 9.28. The van der Waals surface area contributed by atoms with E-state index in [0.29, 0.717) is 12.2 Å². The van der Waals surface area contributed by atoms with E-state index >= 15 is 0 Å². The average Bonchev–Trinajstić information content (AvgIpc) is 2.71. The van der Waals surface area contributed by atoms with Crippen LogP contribution >= 0.6 is 0 Å². The van der Waals surface area contributed by atoms with Gasteiger partial charge in [-0.25, -0.2) is 0 Å². The van der Waals surface area contributed by atoms with Crippen molar-refractivity contribution in [3.8, 4) is 0 Å². The number of carbonyl (C=O) groups is 2. The van der Waals surface area contributed by atoms with Gasteiger partial charge in [-0.05, 0) is 0 Å². The minimum Gasteiger partial charge on any atom is -0.382 e. The number of H-pyrrole nitrogens is 1. The van der Waals surface area contributed by atoms with Crippen LogP contribution in [-0.2, 0) is 4.79 Å². The van der Waals surface area contributed by atoms with E-state index < -0.39 is 0 Å². The van der Waals surface area contributed by atoms with Crippen molar-refractivity contribution in [3.63, 3.8) is 0 Å². The lowest BCUT2D eigenvalue weighted by Crippen LogP contribution is -2.31. The Labute approximate surface area is 93.0 Å². The largest absolute Gasteiger partial charge is 0.382 e. The summed E-state index contributed by atoms with van der Waals surface area (Å²) in [6, 6.07) is 1.46. The third kappa shape index (κ3) is 2.97. The molecule has 7 heteroatoms. The molecule has 1 rings (SSSR count). The first-order valence-electron chi connectivity index (χ1n) is 4.81. The fraction of sp³-hybridized carbons (Fsp3) is 0.444. The molecular weight excluding hydrogens is 210 g/mol. The molecule has 0 radical (unpaired) electrons. The van der Waals surface area contributed by atoms with Gasteiger partial charge in [0, 0.05) is 33.1 Å². The Hall–Kier alpha value is -2.05. The molecule has 0 aliphatic rings. The summed E-state index contributed by atoms with van der Waals surface area (Å²) in [6.45, 7) is 0.345. The van der Waals surface area contributed by atoms with Crippen LogP contribution in [0.25, 0.3) is 0 Å². The Balaban J connectivity index is 2.51. The highest BCUT2D eigenvalue weighted by atomic mass is 16.2. The Morgan fingerprint density at radius 2 is 2.31 bits per heavy atom. The van der Waals surface area contributed by atoms with Crippen LogP contribution in [0.2, 0.25) is 0 Å². The summed E-state index contributed by atoms with van der Waals surface area (Å²) in [6.07, 6.45) is 0.266. The molecule has 0 aliphatic carbocycles. The molecule has 4 N–H and O–H groups in total. The molecule has 1 heterocycles. The number of nitrogens with one attached hydrogen (secondary N) is 2. The molecule has 0 aromatic carbocycles. The number of aromatic amines is 1. The van der Waals surface area contributed by atoms with Crippen LogP contribution in [0.1, 0.15) is 16.9 Å². The molecule has 88 valence electrons. The monoisotopic (exact) mass is 225 g/mol. The minimum atomic E-state index is -0.242. The summed E-state index contributed by atoms with van der Waals surface area (Å²) >= 11 is 0. The molecule has 16 heavy (non-hydrogen) atoms. The molecule has 1 aromatic heterocycles. The zero-order valence-corrected chi connectivity index (χ0v) is 9.28. The van der Waals surface area contributed by atoms with Gasteiger partial charge in [0.1, 0.15) is 11.5 Å². The highest BCUT2D eigenvalue weighted by Crippen LogP contribution is 2.04. The van der Waals surface area contributed by atoms with Crippen LogP contribution in [0.3, 0.4) is 0 Å². The van der Waals surface area contributed by atoms with Gasteiger partial charge in [0.05, 0.1) is 0 Å². The van der Waals surface area contributed by atoms with E-state index in [-0.39, 0.29) is 24.1 Å². The molecule has 0 unspecified atom stereocenters. The molecule has 0 saturated carbocycles. The Kier molecular flexibility index (Phi) is 3.87. The number of amides is 2. The standard InChI is InChI=1S/C9H15N5O2/c1-11-8(15)3-4-14(2)9(16)6-5-7(10)13-12-6/h5H,3-4H2,1-2H3,(H,11,15)(H3,10,12,13). The van der Waals surface area contributed by atoms with Crippen molar-refractivity contribution in [2.24, 2.45) is 0 Å². The average molecular weight is 225 g/mol. The molecule has 0 bridgehead atoms. The highest BCUT2D eigenvalue weighted by Gasteiger charge is 2.14. The van der Waals surface area contributed by atoms with E-state index in [2.05, 4.69) is 15.5 Å². The van der Waals surface area contributed by atoms with Crippen LogP contribution in [-0.4, -0.2) is 47.6 Å². The van der Waals surface area contributed by atoms with Crippen molar-refractivity contribution in [3.05, 3.63) is 11.8 Å². The van der Waals surface area contributed by atoms with Gasteiger partial charge in [-0.1, -0.05) is 0 Å². The summed E-state index contributed by atoms with van der Waals surface area (Å²) < 4.78 is 0. The first-order chi connectivity index (χ1) is 7.54. The van der Waals surface area contributed by atoms with Crippen molar-refractivity contribution < 1.29 is 9.59 Å². The van der Waals surface area contributed by atoms with Crippen molar-refractivity contribution >= 4 is 17.6 Å². The number of hydrogen-bond acceptors (Lipinski definition) is 4. The summed E-state index contributed by atoms with van der Waals surface area (Å²) in [4.78, 5) is 24.1. The highest BCUT2D eigenvalue weighted by molar-refractivity contribution is 5.93. The number of nitrogens with zero attached hydrogens (tertiary/aromatic N) is 2. The molecule has 0 spiro atoms. The first-order valence-corrected chi connectivity index (χ1v) is 4.81. The smallest absolute Gasteiger partial charge is 0.271 e. The van der Waals surface area contributed by atoms with Crippen LogP contribution in [0.4, 0.5) is 5.82 Å². The second-order valence-electron chi connectivity index (χ2n) is 3.36. The Bertz CT molecular complexity index is 387. The second-order valence-corrected chi connectivity index (χ2v) is 3.36. The third-order valence-corrected chi connectivity index (χ3v) is 2.13. The van der Waals surface area contributed by atoms with Crippen LogP contribution < -0.4 is 11.1 Å². The maximum absolute atomic E-state index is 11.7. The lowest BCUT2D eigenvalue weighted by Gasteiger charge is -2.15. The molecular formula is C9H15N5O2. The van der Waals surface area contributed by atoms with Gasteiger partial charge in [0.15, 0.2) is 0 Å². The molecule has 0 saturated heterocycles. The van der Waals surface area contributed by atoms with E-state index in [1.165, 1.54) is 11.0 Å². The summed E-state index contributed by atoms with van der Waals surface area (Å²) in [5.74, 6) is -0.0834. The van der Waals surface area contributed by atoms with Crippen LogP contribution in [0, 0.1) is 0 Å². The third-order valence-electron chi connectivity index (χ3n) is 2.13. The van der Waals surface area contributed by atoms with Gasteiger partial charge in [0.2, 0.25) is 5.91 Å². The topological polar surface area (TPSA) is 104 Å². The van der Waals surface area contributed by atoms with Gasteiger partial charge >= 0.3 is 0 Å². The molecule has 0 atom stereocenters. The zero-order chi connectivity index (χ0) is 12.1. The predicted molar refractivity (Wildman–Crippen MR) is 58.6 cm³/mol. The number of nitrogen functional groups attached to an aromatic ring is 1. The van der Waals surface area contributed by atoms with E-state index in [9.17, 15) is 9.59 Å². The molecule has 0 aliphatic heterocycles. The molecule has 7 nitrogen and oxygen atoms in total. The number of nitrogens with two attached hydrogens (primary N) is 1. The van der Waals surface area contributed by atoms with Gasteiger partial charge in [-0.3, -0.25) is 14.7 Å². The van der Waals surface area contributed by atoms with Gasteiger partial charge in [0.25, 0.3) is 5.91 Å². The SMILES string of the molecule is CNC(=O)CCN(C)C(=O)c1cc(N)n[nH]1. The normalized spacial score (nSPS) is 9.88. The van der Waals surface area contributed by atoms with Crippen LogP contribution in [0.5, 0.6) is 0 Å². The minimum absolute atomic E-state index is 0.108. The summed E-state index contributed by atoms with van der Waals surface area (Å²) in [5, 5.41) is 8.66. The number of hydrogen-bond donors (Lipinski definition) is 3. The van der Waals surface area contributed by atoms with Crippen LogP contribution in [0.15, 0.2) is 6.07 Å². The fourth-order valence-electron chi connectivity index (χ4n) is 1.15. The van der Waals surface area contributed by atoms with Crippen molar-refractivity contribution in [2.75, 3.05) is 26.4 Å². The summed E-state index contributed by atoms with van der Waals surface area (Å²) in [5.41, 5.74) is 5.70. The molecule has 1 aromatic rings. The van der Waals surface area contributed by atoms with Crippen molar-refractivity contribution in [1.29, 1.82) is 0 Å². The predicted octanol–water partition coefficient (Wildman–Crippen LogP) is -0.800. The maximum atomic E-state index is 11.7. The van der Waals surface area contributed by atoms with Crippen molar-refractivity contribution in [2.45, 2.75) is 6.42 Å². The Morgan fingerprint density at radius 1 is 1.62 bits per heavy atom. The number of aromatic nitrogens is 2. The van der Waals surface area contributed by atoms with E-state index in [1.807, 2.05) is 0 Å². The quantitative estimate of drug-likeness (QED) is 0.624. The van der Waals surface area contributed by atoms with Gasteiger partial charge in [-0.15, -0.1) is 0 Å². The lowest BCUT2D eigenvalue weighted by molar-refractivity contribution is -0.120. The van der Waals surface area contributed by atoms with E-state index in [1.54, 1.807) is 14.1 Å². The number of rotatable bonds is 4. The number of carbonyl (C=O) groups excluding carboxylic acids is 2. The molecule has 0 fully saturated rings.